The van der Waals surface area contributed by atoms with Gasteiger partial charge in [0, 0.05) is 42.7 Å². The molecule has 34 heavy (non-hydrogen) atoms. The minimum Gasteiger partial charge on any atom is -0.384 e. The van der Waals surface area contributed by atoms with Crippen LogP contribution in [0.25, 0.3) is 11.3 Å². The van der Waals surface area contributed by atoms with Gasteiger partial charge in [0.2, 0.25) is 0 Å². The van der Waals surface area contributed by atoms with Gasteiger partial charge in [-0.05, 0) is 44.1 Å². The molecule has 2 aliphatic carbocycles. The van der Waals surface area contributed by atoms with Crippen molar-refractivity contribution in [1.29, 1.82) is 0 Å². The van der Waals surface area contributed by atoms with Crippen molar-refractivity contribution in [1.82, 2.24) is 9.55 Å². The maximum atomic E-state index is 14.1. The van der Waals surface area contributed by atoms with E-state index in [0.717, 1.165) is 72.7 Å². The quantitative estimate of drug-likeness (QED) is 0.192. The summed E-state index contributed by atoms with van der Waals surface area (Å²) in [5.74, 6) is 1.26. The van der Waals surface area contributed by atoms with E-state index in [4.69, 9.17) is 9.72 Å². The van der Waals surface area contributed by atoms with E-state index >= 15 is 0 Å². The van der Waals surface area contributed by atoms with Crippen LogP contribution in [0.2, 0.25) is 0 Å². The number of carbonyl (C=O) groups is 1. The van der Waals surface area contributed by atoms with Crippen LogP contribution in [0.1, 0.15) is 63.0 Å². The first-order valence-corrected chi connectivity index (χ1v) is 13.5. The van der Waals surface area contributed by atoms with Gasteiger partial charge in [-0.1, -0.05) is 55.4 Å². The Morgan fingerprint density at radius 2 is 2.09 bits per heavy atom. The Balaban J connectivity index is 1.77. The van der Waals surface area contributed by atoms with Crippen molar-refractivity contribution in [2.24, 2.45) is 5.92 Å². The molecule has 0 atom stereocenters. The Labute approximate surface area is 207 Å². The number of unbranched alkanes of at least 4 members (excludes halogenated alkanes) is 1. The highest BCUT2D eigenvalue weighted by Gasteiger charge is 2.45. The van der Waals surface area contributed by atoms with E-state index in [1.54, 1.807) is 29.5 Å². The van der Waals surface area contributed by atoms with Crippen LogP contribution in [0.5, 0.6) is 0 Å². The molecule has 1 heterocycles. The second-order valence-electron chi connectivity index (χ2n) is 9.62. The second-order valence-corrected chi connectivity index (χ2v) is 10.7. The Hall–Kier alpha value is -2.18. The van der Waals surface area contributed by atoms with E-state index in [2.05, 4.69) is 31.7 Å². The molecule has 1 fully saturated rings. The number of methoxy groups -OCH3 is 1. The van der Waals surface area contributed by atoms with Crippen LogP contribution in [0.4, 0.5) is 0 Å². The molecule has 5 nitrogen and oxygen atoms in total. The summed E-state index contributed by atoms with van der Waals surface area (Å²) in [7, 11) is 1.68. The number of fused-ring (bicyclic) bond motifs is 4. The maximum absolute atomic E-state index is 14.1. The molecule has 1 spiro atoms. The van der Waals surface area contributed by atoms with Crippen molar-refractivity contribution in [3.63, 3.8) is 0 Å². The summed E-state index contributed by atoms with van der Waals surface area (Å²) in [6.45, 7) is 7.04. The normalized spacial score (nSPS) is 21.2. The van der Waals surface area contributed by atoms with Gasteiger partial charge in [0.1, 0.15) is 5.78 Å². The molecule has 2 aliphatic rings. The van der Waals surface area contributed by atoms with E-state index in [1.807, 2.05) is 6.07 Å². The summed E-state index contributed by atoms with van der Waals surface area (Å²) >= 11 is 1.55. The molecular formula is C28H36N2O3S. The molecule has 0 amide bonds. The van der Waals surface area contributed by atoms with Gasteiger partial charge in [0.15, 0.2) is 5.16 Å². The average molecular weight is 481 g/mol. The Morgan fingerprint density at radius 3 is 2.79 bits per heavy atom. The van der Waals surface area contributed by atoms with E-state index in [9.17, 15) is 9.59 Å². The molecule has 1 aromatic carbocycles. The number of ketones is 1. The lowest BCUT2D eigenvalue weighted by Gasteiger charge is -2.43. The number of Topliss-reactive ketones (excluding diaryl/α,β-unsaturated/α-hetero) is 1. The molecule has 4 rings (SSSR count). The van der Waals surface area contributed by atoms with Gasteiger partial charge >= 0.3 is 0 Å². The summed E-state index contributed by atoms with van der Waals surface area (Å²) in [4.78, 5) is 31.9. The van der Waals surface area contributed by atoms with E-state index in [0.29, 0.717) is 25.4 Å². The number of ether oxygens (including phenoxy) is 1. The van der Waals surface area contributed by atoms with Crippen LogP contribution >= 0.6 is 11.8 Å². The zero-order valence-corrected chi connectivity index (χ0v) is 21.3. The molecule has 0 N–H and O–H groups in total. The third-order valence-corrected chi connectivity index (χ3v) is 8.41. The topological polar surface area (TPSA) is 61.2 Å². The predicted molar refractivity (Wildman–Crippen MR) is 139 cm³/mol. The number of benzene rings is 1. The summed E-state index contributed by atoms with van der Waals surface area (Å²) in [5.41, 5.74) is 3.81. The molecule has 1 aromatic heterocycles. The van der Waals surface area contributed by atoms with Crippen molar-refractivity contribution in [2.45, 2.75) is 75.4 Å². The summed E-state index contributed by atoms with van der Waals surface area (Å²) in [6.07, 6.45) is 8.74. The highest BCUT2D eigenvalue weighted by atomic mass is 32.2. The first-order chi connectivity index (χ1) is 16.5. The van der Waals surface area contributed by atoms with Crippen LogP contribution in [-0.2, 0) is 27.9 Å². The number of nitrogens with zero attached hydrogens (tertiary/aromatic N) is 2. The lowest BCUT2D eigenvalue weighted by molar-refractivity contribution is -0.124. The van der Waals surface area contributed by atoms with Gasteiger partial charge in [-0.2, -0.15) is 0 Å². The number of hydrogen-bond acceptors (Lipinski definition) is 5. The van der Waals surface area contributed by atoms with Crippen LogP contribution in [0, 0.1) is 5.92 Å². The van der Waals surface area contributed by atoms with Crippen molar-refractivity contribution < 1.29 is 9.53 Å². The van der Waals surface area contributed by atoms with Crippen molar-refractivity contribution in [3.8, 4) is 11.3 Å². The number of rotatable bonds is 10. The number of hydrogen-bond donors (Lipinski definition) is 0. The second kappa shape index (κ2) is 11.0. The fraction of sp³-hybridized carbons (Fsp3) is 0.536. The van der Waals surface area contributed by atoms with Crippen molar-refractivity contribution in [3.05, 3.63) is 58.4 Å². The highest BCUT2D eigenvalue weighted by Crippen LogP contribution is 2.50. The Bertz CT molecular complexity index is 1100. The third kappa shape index (κ3) is 4.80. The first kappa shape index (κ1) is 24.9. The maximum Gasteiger partial charge on any atom is 0.258 e. The summed E-state index contributed by atoms with van der Waals surface area (Å²) in [6, 6.07) is 8.37. The van der Waals surface area contributed by atoms with Gasteiger partial charge in [0.25, 0.3) is 5.56 Å². The largest absolute Gasteiger partial charge is 0.384 e. The van der Waals surface area contributed by atoms with Crippen molar-refractivity contribution in [2.75, 3.05) is 19.5 Å². The Kier molecular flexibility index (Phi) is 8.10. The zero-order valence-electron chi connectivity index (χ0n) is 20.5. The highest BCUT2D eigenvalue weighted by molar-refractivity contribution is 7.99. The lowest BCUT2D eigenvalue weighted by atomic mass is 9.60. The van der Waals surface area contributed by atoms with Gasteiger partial charge in [-0.15, -0.1) is 6.58 Å². The fourth-order valence-corrected chi connectivity index (χ4v) is 6.56. The molecule has 0 radical (unpaired) electrons. The average Bonchev–Trinajstić information content (AvgIpc) is 2.85. The monoisotopic (exact) mass is 480 g/mol. The zero-order chi connectivity index (χ0) is 24.1. The van der Waals surface area contributed by atoms with Crippen LogP contribution in [-0.4, -0.2) is 34.8 Å². The molecule has 182 valence electrons. The molecule has 0 saturated heterocycles. The first-order valence-electron chi connectivity index (χ1n) is 12.5. The lowest BCUT2D eigenvalue weighted by Crippen LogP contribution is -2.44. The molecule has 2 aromatic rings. The molecule has 0 bridgehead atoms. The van der Waals surface area contributed by atoms with Crippen LogP contribution < -0.4 is 5.56 Å². The van der Waals surface area contributed by atoms with Gasteiger partial charge in [-0.25, -0.2) is 4.98 Å². The van der Waals surface area contributed by atoms with Crippen LogP contribution in [0.3, 0.4) is 0 Å². The molecular weight excluding hydrogens is 444 g/mol. The number of allylic oxidation sites excluding steroid dienone is 1. The molecule has 0 unspecified atom stereocenters. The molecule has 0 aliphatic heterocycles. The van der Waals surface area contributed by atoms with E-state index in [-0.39, 0.29) is 16.9 Å². The van der Waals surface area contributed by atoms with E-state index in [1.165, 1.54) is 5.56 Å². The van der Waals surface area contributed by atoms with Gasteiger partial charge in [0.05, 0.1) is 17.9 Å². The van der Waals surface area contributed by atoms with Gasteiger partial charge in [-0.3, -0.25) is 14.2 Å². The fourth-order valence-electron chi connectivity index (χ4n) is 5.66. The molecule has 6 heteroatoms. The smallest absolute Gasteiger partial charge is 0.258 e. The summed E-state index contributed by atoms with van der Waals surface area (Å²) < 4.78 is 7.00. The molecule has 1 saturated carbocycles. The number of aromatic nitrogens is 2. The Morgan fingerprint density at radius 1 is 1.32 bits per heavy atom. The minimum atomic E-state index is -0.256. The predicted octanol–water partition coefficient (Wildman–Crippen LogP) is 5.58. The van der Waals surface area contributed by atoms with Gasteiger partial charge < -0.3 is 4.74 Å². The van der Waals surface area contributed by atoms with Crippen LogP contribution in [0.15, 0.2) is 46.9 Å². The third-order valence-electron chi connectivity index (χ3n) is 7.47. The van der Waals surface area contributed by atoms with E-state index < -0.39 is 0 Å². The summed E-state index contributed by atoms with van der Waals surface area (Å²) in [5, 5.41) is 0.719. The van der Waals surface area contributed by atoms with Crippen molar-refractivity contribution >= 4 is 17.5 Å². The number of thioether (sulfide) groups is 1. The minimum absolute atomic E-state index is 0.0510. The number of carbonyl (C=O) groups excluding carboxylic acids is 1. The SMILES string of the molecule is C=CCn1c(SCCOC)nc2c(c1=O)C1(CCC(C(=O)CCCC)CC1)Cc1ccccc1-2. The standard InChI is InChI=1S/C28H36N2O3S/c1-4-6-11-23(31)20-12-14-28(15-13-20)19-21-9-7-8-10-22(21)25-24(28)26(32)30(16-5-2)27(29-25)34-18-17-33-3/h5,7-10,20H,2,4,6,11-19H2,1,3H3.